The summed E-state index contributed by atoms with van der Waals surface area (Å²) in [5.41, 5.74) is 2.01. The summed E-state index contributed by atoms with van der Waals surface area (Å²) in [6.45, 7) is 1.82. The number of benzene rings is 1. The first-order chi connectivity index (χ1) is 17.4. The number of methoxy groups -OCH3 is 1. The quantitative estimate of drug-likeness (QED) is 0.407. The zero-order valence-electron chi connectivity index (χ0n) is 19.9. The van der Waals surface area contributed by atoms with Crippen LogP contribution < -0.4 is 10.6 Å². The average molecular weight is 494 g/mol. The highest BCUT2D eigenvalue weighted by Gasteiger charge is 2.38. The largest absolute Gasteiger partial charge is 0.467 e. The van der Waals surface area contributed by atoms with Crippen LogP contribution in [0.3, 0.4) is 0 Å². The smallest absolute Gasteiger partial charge is 0.328 e. The van der Waals surface area contributed by atoms with E-state index in [-0.39, 0.29) is 24.0 Å². The van der Waals surface area contributed by atoms with Crippen molar-refractivity contribution < 1.29 is 28.3 Å². The maximum atomic E-state index is 13.4. The van der Waals surface area contributed by atoms with E-state index in [1.807, 2.05) is 0 Å². The molecule has 1 aliphatic heterocycles. The summed E-state index contributed by atoms with van der Waals surface area (Å²) in [5, 5.41) is 5.44. The molecule has 1 fully saturated rings. The molecule has 1 aliphatic rings. The molecule has 188 valence electrons. The fourth-order valence-corrected chi connectivity index (χ4v) is 4.19. The number of hydrogen-bond donors (Lipinski definition) is 3. The van der Waals surface area contributed by atoms with Gasteiger partial charge in [0.25, 0.3) is 5.91 Å². The molecule has 0 saturated carbocycles. The second kappa shape index (κ2) is 10.9. The molecule has 0 aliphatic carbocycles. The summed E-state index contributed by atoms with van der Waals surface area (Å²) in [7, 11) is 1.29. The van der Waals surface area contributed by atoms with Crippen molar-refractivity contribution in [1.82, 2.24) is 20.2 Å². The number of ether oxygens (including phenoxy) is 1. The van der Waals surface area contributed by atoms with Gasteiger partial charge < -0.3 is 29.7 Å². The van der Waals surface area contributed by atoms with E-state index >= 15 is 0 Å². The molecule has 2 aromatic heterocycles. The van der Waals surface area contributed by atoms with E-state index in [1.54, 1.807) is 36.5 Å². The third-order valence-corrected chi connectivity index (χ3v) is 5.91. The minimum Gasteiger partial charge on any atom is -0.467 e. The van der Waals surface area contributed by atoms with E-state index in [9.17, 15) is 19.2 Å². The molecule has 1 saturated heterocycles. The van der Waals surface area contributed by atoms with E-state index in [0.717, 1.165) is 0 Å². The Morgan fingerprint density at radius 3 is 2.64 bits per heavy atom. The Balaban J connectivity index is 1.50. The molecule has 4 rings (SSSR count). The second-order valence-corrected chi connectivity index (χ2v) is 8.44. The minimum absolute atomic E-state index is 0.0317. The Kier molecular flexibility index (Phi) is 7.47. The van der Waals surface area contributed by atoms with Crippen LogP contribution in [0.15, 0.2) is 53.3 Å². The van der Waals surface area contributed by atoms with Crippen LogP contribution in [0.25, 0.3) is 11.3 Å². The molecule has 0 spiro atoms. The van der Waals surface area contributed by atoms with Gasteiger partial charge >= 0.3 is 5.97 Å². The highest BCUT2D eigenvalue weighted by atomic mass is 16.5. The predicted molar refractivity (Wildman–Crippen MR) is 129 cm³/mol. The Morgan fingerprint density at radius 2 is 1.97 bits per heavy atom. The molecular weight excluding hydrogens is 466 g/mol. The van der Waals surface area contributed by atoms with Gasteiger partial charge in [-0.2, -0.15) is 0 Å². The van der Waals surface area contributed by atoms with E-state index in [2.05, 4.69) is 20.6 Å². The summed E-state index contributed by atoms with van der Waals surface area (Å²) in [5.74, 6) is -1.12. The van der Waals surface area contributed by atoms with E-state index in [0.29, 0.717) is 42.1 Å². The van der Waals surface area contributed by atoms with Crippen molar-refractivity contribution in [2.24, 2.45) is 0 Å². The molecule has 0 radical (unpaired) electrons. The zero-order valence-corrected chi connectivity index (χ0v) is 19.9. The van der Waals surface area contributed by atoms with Crippen LogP contribution in [0.2, 0.25) is 0 Å². The number of nitrogens with zero attached hydrogens (tertiary/aromatic N) is 2. The molecule has 11 heteroatoms. The number of furan rings is 1. The number of H-pyrrole nitrogens is 1. The molecule has 36 heavy (non-hydrogen) atoms. The van der Waals surface area contributed by atoms with Gasteiger partial charge in [-0.3, -0.25) is 14.4 Å². The third-order valence-electron chi connectivity index (χ3n) is 5.91. The number of aromatic nitrogens is 2. The summed E-state index contributed by atoms with van der Waals surface area (Å²) < 4.78 is 10.6. The first kappa shape index (κ1) is 24.7. The number of imidazole rings is 1. The number of anilines is 1. The lowest BCUT2D eigenvalue weighted by Gasteiger charge is -2.27. The van der Waals surface area contributed by atoms with Crippen LogP contribution >= 0.6 is 0 Å². The third kappa shape index (κ3) is 5.62. The number of amides is 3. The van der Waals surface area contributed by atoms with Crippen molar-refractivity contribution in [3.8, 4) is 11.3 Å². The van der Waals surface area contributed by atoms with Crippen molar-refractivity contribution in [3.05, 3.63) is 60.4 Å². The van der Waals surface area contributed by atoms with Gasteiger partial charge in [-0.15, -0.1) is 0 Å². The number of aromatic amines is 1. The Bertz CT molecular complexity index is 1230. The van der Waals surface area contributed by atoms with E-state index in [1.165, 1.54) is 31.3 Å². The van der Waals surface area contributed by atoms with Crippen LogP contribution in [0, 0.1) is 0 Å². The first-order valence-electron chi connectivity index (χ1n) is 11.5. The molecule has 0 unspecified atom stereocenters. The number of nitrogens with one attached hydrogen (secondary N) is 3. The van der Waals surface area contributed by atoms with Gasteiger partial charge in [0, 0.05) is 43.0 Å². The van der Waals surface area contributed by atoms with Crippen LogP contribution in [0.1, 0.15) is 36.0 Å². The number of esters is 1. The number of carbonyl (C=O) groups is 4. The fourth-order valence-electron chi connectivity index (χ4n) is 4.19. The number of hydrogen-bond acceptors (Lipinski definition) is 7. The van der Waals surface area contributed by atoms with Gasteiger partial charge in [0.1, 0.15) is 17.8 Å². The van der Waals surface area contributed by atoms with Crippen LogP contribution in [0.5, 0.6) is 0 Å². The Hall–Kier alpha value is -4.41. The Morgan fingerprint density at radius 1 is 1.19 bits per heavy atom. The van der Waals surface area contributed by atoms with Gasteiger partial charge in [0.15, 0.2) is 5.76 Å². The SMILES string of the molecule is COC(=O)[C@@H]1CCCN1C(=O)[C@H](Cc1cnc[nH]1)NC(=O)c1ccc(-c2ccc(NC(C)=O)cc2)o1. The maximum absolute atomic E-state index is 13.4. The maximum Gasteiger partial charge on any atom is 0.328 e. The second-order valence-electron chi connectivity index (χ2n) is 8.44. The lowest BCUT2D eigenvalue weighted by molar-refractivity contribution is -0.151. The molecule has 3 amide bonds. The van der Waals surface area contributed by atoms with Crippen molar-refractivity contribution in [2.45, 2.75) is 38.3 Å². The highest BCUT2D eigenvalue weighted by Crippen LogP contribution is 2.25. The fraction of sp³-hybridized carbons (Fsp3) is 0.320. The monoisotopic (exact) mass is 493 g/mol. The molecule has 3 heterocycles. The van der Waals surface area contributed by atoms with Crippen molar-refractivity contribution in [2.75, 3.05) is 19.0 Å². The van der Waals surface area contributed by atoms with Crippen LogP contribution in [0.4, 0.5) is 5.69 Å². The molecule has 3 N–H and O–H groups in total. The summed E-state index contributed by atoms with van der Waals surface area (Å²) >= 11 is 0. The number of rotatable bonds is 8. The summed E-state index contributed by atoms with van der Waals surface area (Å²) in [6.07, 6.45) is 4.39. The summed E-state index contributed by atoms with van der Waals surface area (Å²) in [4.78, 5) is 58.2. The normalized spacial score (nSPS) is 15.8. The van der Waals surface area contributed by atoms with Crippen molar-refractivity contribution in [3.63, 3.8) is 0 Å². The highest BCUT2D eigenvalue weighted by molar-refractivity contribution is 5.97. The molecule has 0 bridgehead atoms. The predicted octanol–water partition coefficient (Wildman–Crippen LogP) is 2.13. The number of carbonyl (C=O) groups excluding carboxylic acids is 4. The Labute approximate surface area is 207 Å². The number of likely N-dealkylation sites (tertiary alicyclic amines) is 1. The van der Waals surface area contributed by atoms with Crippen molar-refractivity contribution in [1.29, 1.82) is 0 Å². The first-order valence-corrected chi connectivity index (χ1v) is 11.5. The molecular formula is C25H27N5O6. The van der Waals surface area contributed by atoms with Crippen molar-refractivity contribution >= 4 is 29.4 Å². The van der Waals surface area contributed by atoms with E-state index < -0.39 is 24.0 Å². The molecule has 1 aromatic carbocycles. The zero-order chi connectivity index (χ0) is 25.7. The topological polar surface area (TPSA) is 147 Å². The van der Waals surface area contributed by atoms with Gasteiger partial charge in [-0.05, 0) is 49.2 Å². The van der Waals surface area contributed by atoms with E-state index in [4.69, 9.17) is 9.15 Å². The molecule has 3 aromatic rings. The van der Waals surface area contributed by atoms with Crippen LogP contribution in [-0.2, 0) is 25.5 Å². The van der Waals surface area contributed by atoms with Gasteiger partial charge in [0.2, 0.25) is 11.8 Å². The molecule has 2 atom stereocenters. The van der Waals surface area contributed by atoms with Crippen LogP contribution in [-0.4, -0.2) is 64.3 Å². The lowest BCUT2D eigenvalue weighted by atomic mass is 10.1. The average Bonchev–Trinajstić information content (AvgIpc) is 3.64. The standard InChI is InChI=1S/C25H27N5O6/c1-15(31)28-17-7-5-16(6-8-17)21-9-10-22(36-21)23(32)29-19(12-18-13-26-14-27-18)24(33)30-11-3-4-20(30)25(34)35-2/h5-10,13-14,19-20H,3-4,11-12H2,1-2H3,(H,26,27)(H,28,31)(H,29,32)/t19-,20-/m0/s1. The summed E-state index contributed by atoms with van der Waals surface area (Å²) in [6, 6.07) is 8.53. The lowest BCUT2D eigenvalue weighted by Crippen LogP contribution is -2.52. The van der Waals surface area contributed by atoms with Gasteiger partial charge in [-0.25, -0.2) is 9.78 Å². The minimum atomic E-state index is -0.950. The van der Waals surface area contributed by atoms with Gasteiger partial charge in [0.05, 0.1) is 13.4 Å². The molecule has 11 nitrogen and oxygen atoms in total. The van der Waals surface area contributed by atoms with Gasteiger partial charge in [-0.1, -0.05) is 0 Å².